The molecule has 0 aliphatic rings. The normalized spacial score (nSPS) is 5.20. The Kier molecular flexibility index (Phi) is 8.79. The molecule has 3 nitrogen and oxygen atoms in total. The summed E-state index contributed by atoms with van der Waals surface area (Å²) in [4.78, 5) is 14.2. The zero-order chi connectivity index (χ0) is 3.58. The van der Waals surface area contributed by atoms with Crippen LogP contribution in [-0.4, -0.2) is 9.79 Å². The van der Waals surface area contributed by atoms with Gasteiger partial charge in [-0.2, -0.15) is 0 Å². The fraction of sp³-hybridized carbons (Fsp3) is 0. The van der Waals surface area contributed by atoms with E-state index in [9.17, 15) is 0 Å². The predicted molar refractivity (Wildman–Crippen MR) is 12.0 cm³/mol. The molecule has 2 N–H and O–H groups in total. The molecule has 0 atom stereocenters. The van der Waals surface area contributed by atoms with E-state index in [1.165, 1.54) is 0 Å². The van der Waals surface area contributed by atoms with E-state index in [0.29, 0.717) is 0 Å². The van der Waals surface area contributed by atoms with Gasteiger partial charge < -0.3 is 0 Å². The molecule has 0 heterocycles. The van der Waals surface area contributed by atoms with Crippen molar-refractivity contribution in [2.24, 2.45) is 0 Å². The summed E-state index contributed by atoms with van der Waals surface area (Å²) < 4.78 is 8.70. The van der Waals surface area contributed by atoms with Gasteiger partial charge in [-0.05, 0) is 0 Å². The molecule has 0 aromatic rings. The summed E-state index contributed by atoms with van der Waals surface area (Å²) in [6.07, 6.45) is 0. The van der Waals surface area contributed by atoms with E-state index in [4.69, 9.17) is 14.4 Å². The van der Waals surface area contributed by atoms with Crippen LogP contribution in [0.3, 0.4) is 0 Å². The van der Waals surface area contributed by atoms with Crippen molar-refractivity contribution in [2.45, 2.75) is 0 Å². The molecule has 0 saturated carbocycles. The van der Waals surface area contributed by atoms with Crippen molar-refractivity contribution in [1.29, 1.82) is 0 Å². The molecule has 0 amide bonds. The van der Waals surface area contributed by atoms with Crippen molar-refractivity contribution in [3.8, 4) is 0 Å². The first kappa shape index (κ1) is 9.23. The number of hydrogen-bond acceptors (Lipinski definition) is 1. The zero-order valence-electron chi connectivity index (χ0n) is 2.05. The Hall–Kier alpha value is 0.760. The van der Waals surface area contributed by atoms with Crippen LogP contribution in [0.15, 0.2) is 0 Å². The Labute approximate surface area is 45.5 Å². The van der Waals surface area contributed by atoms with E-state index >= 15 is 0 Å². The first-order valence-corrected chi connectivity index (χ1v) is 1.75. The average molecular weight is 189 g/mol. The van der Waals surface area contributed by atoms with Crippen LogP contribution in [-0.2, 0) is 26.9 Å². The maximum absolute atomic E-state index is 8.70. The molecule has 0 aliphatic heterocycles. The van der Waals surface area contributed by atoms with Crippen LogP contribution < -0.4 is 0 Å². The van der Waals surface area contributed by atoms with Crippen LogP contribution in [0.4, 0.5) is 0 Å². The molecule has 0 unspecified atom stereocenters. The van der Waals surface area contributed by atoms with Crippen molar-refractivity contribution >= 4 is 8.25 Å². The third kappa shape index (κ3) is 62.7. The molecule has 0 spiro atoms. The molecular formula is H2AgO3P+. The summed E-state index contributed by atoms with van der Waals surface area (Å²) >= 11 is 0. The van der Waals surface area contributed by atoms with Gasteiger partial charge in [0.1, 0.15) is 0 Å². The standard InChI is InChI=1S/Ag.HO3P/c;1-4(2)3/h;(H-,1,2,3)/p+1. The van der Waals surface area contributed by atoms with Gasteiger partial charge in [-0.3, -0.25) is 0 Å². The summed E-state index contributed by atoms with van der Waals surface area (Å²) in [6, 6.07) is 0. The molecule has 0 aromatic carbocycles. The molecule has 0 bridgehead atoms. The minimum atomic E-state index is -2.87. The minimum absolute atomic E-state index is 0. The second kappa shape index (κ2) is 4.76. The molecule has 0 fully saturated rings. The van der Waals surface area contributed by atoms with Gasteiger partial charge in [0.2, 0.25) is 0 Å². The van der Waals surface area contributed by atoms with E-state index < -0.39 is 8.25 Å². The summed E-state index contributed by atoms with van der Waals surface area (Å²) in [5, 5.41) is 0. The minimum Gasteiger partial charge on any atom is -0.134 e. The van der Waals surface area contributed by atoms with Gasteiger partial charge in [0.25, 0.3) is 0 Å². The monoisotopic (exact) mass is 188 g/mol. The summed E-state index contributed by atoms with van der Waals surface area (Å²) in [5.41, 5.74) is 0. The quantitative estimate of drug-likeness (QED) is 0.403. The Balaban J connectivity index is 0. The average Bonchev–Trinajstić information content (AvgIpc) is 0.811. The van der Waals surface area contributed by atoms with Crippen molar-refractivity contribution in [3.05, 3.63) is 0 Å². The van der Waals surface area contributed by atoms with Crippen molar-refractivity contribution in [2.75, 3.05) is 0 Å². The fourth-order valence-electron chi connectivity index (χ4n) is 0. The van der Waals surface area contributed by atoms with Crippen LogP contribution >= 0.6 is 8.25 Å². The third-order valence-electron chi connectivity index (χ3n) is 0. The maximum atomic E-state index is 8.70. The Morgan fingerprint density at radius 2 is 1.40 bits per heavy atom. The van der Waals surface area contributed by atoms with Gasteiger partial charge in [0.05, 0.1) is 0 Å². The SMILES string of the molecule is O=[P+](O)O.[Ag]. The van der Waals surface area contributed by atoms with Crippen molar-refractivity contribution < 1.29 is 36.7 Å². The number of rotatable bonds is 0. The fourth-order valence-corrected chi connectivity index (χ4v) is 0. The van der Waals surface area contributed by atoms with E-state index in [1.54, 1.807) is 0 Å². The molecule has 5 heavy (non-hydrogen) atoms. The van der Waals surface area contributed by atoms with Crippen molar-refractivity contribution in [1.82, 2.24) is 0 Å². The first-order chi connectivity index (χ1) is 1.73. The van der Waals surface area contributed by atoms with E-state index in [0.717, 1.165) is 0 Å². The topological polar surface area (TPSA) is 57.5 Å². The summed E-state index contributed by atoms with van der Waals surface area (Å²) in [7, 11) is -2.87. The molecular weight excluding hydrogens is 187 g/mol. The van der Waals surface area contributed by atoms with Gasteiger partial charge in [0.15, 0.2) is 0 Å². The molecule has 1 radical (unpaired) electrons. The second-order valence-electron chi connectivity index (χ2n) is 0.253. The zero-order valence-corrected chi connectivity index (χ0v) is 4.43. The van der Waals surface area contributed by atoms with Crippen LogP contribution in [0.25, 0.3) is 0 Å². The molecule has 0 rings (SSSR count). The van der Waals surface area contributed by atoms with Gasteiger partial charge in [-0.1, -0.05) is 0 Å². The van der Waals surface area contributed by atoms with E-state index in [1.807, 2.05) is 0 Å². The van der Waals surface area contributed by atoms with E-state index in [2.05, 4.69) is 0 Å². The van der Waals surface area contributed by atoms with Gasteiger partial charge >= 0.3 is 8.25 Å². The summed E-state index contributed by atoms with van der Waals surface area (Å²) in [5.74, 6) is 0. The Morgan fingerprint density at radius 1 is 1.40 bits per heavy atom. The molecule has 35 valence electrons. The molecule has 0 aliphatic carbocycles. The Morgan fingerprint density at radius 3 is 1.40 bits per heavy atom. The van der Waals surface area contributed by atoms with Crippen LogP contribution in [0.1, 0.15) is 0 Å². The largest absolute Gasteiger partial charge is 0.692 e. The number of hydrogen-bond donors (Lipinski definition) is 2. The first-order valence-electron chi connectivity index (χ1n) is 0.583. The van der Waals surface area contributed by atoms with Gasteiger partial charge in [0, 0.05) is 26.9 Å². The van der Waals surface area contributed by atoms with Crippen molar-refractivity contribution in [3.63, 3.8) is 0 Å². The van der Waals surface area contributed by atoms with Crippen LogP contribution in [0.5, 0.6) is 0 Å². The maximum Gasteiger partial charge on any atom is 0.692 e. The van der Waals surface area contributed by atoms with Crippen LogP contribution in [0.2, 0.25) is 0 Å². The van der Waals surface area contributed by atoms with Gasteiger partial charge in [-0.25, -0.2) is 0 Å². The molecule has 0 aromatic heterocycles. The smallest absolute Gasteiger partial charge is 0.134 e. The third-order valence-corrected chi connectivity index (χ3v) is 0. The predicted octanol–water partition coefficient (Wildman–Crippen LogP) is -0.374. The molecule has 5 heteroatoms. The Bertz CT molecular complexity index is 29.9. The van der Waals surface area contributed by atoms with E-state index in [-0.39, 0.29) is 22.4 Å². The summed E-state index contributed by atoms with van der Waals surface area (Å²) in [6.45, 7) is 0. The van der Waals surface area contributed by atoms with Crippen LogP contribution in [0, 0.1) is 0 Å². The molecule has 0 saturated heterocycles. The van der Waals surface area contributed by atoms with Gasteiger partial charge in [-0.15, -0.1) is 9.79 Å². The second-order valence-corrected chi connectivity index (χ2v) is 0.758.